The van der Waals surface area contributed by atoms with Crippen molar-refractivity contribution in [2.45, 2.75) is 4.90 Å². The summed E-state index contributed by atoms with van der Waals surface area (Å²) in [6.45, 7) is 1.69. The first-order valence-corrected chi connectivity index (χ1v) is 10.9. The zero-order valence-electron chi connectivity index (χ0n) is 15.8. The molecule has 0 amide bonds. The molecular weight excluding hydrogens is 414 g/mol. The van der Waals surface area contributed by atoms with Crippen molar-refractivity contribution in [3.8, 4) is 11.6 Å². The molecule has 3 aromatic rings. The monoisotopic (exact) mass is 433 g/mol. The van der Waals surface area contributed by atoms with Crippen LogP contribution < -0.4 is 9.64 Å². The van der Waals surface area contributed by atoms with Crippen LogP contribution in [0.5, 0.6) is 5.75 Å². The van der Waals surface area contributed by atoms with Gasteiger partial charge in [-0.25, -0.2) is 8.42 Å². The summed E-state index contributed by atoms with van der Waals surface area (Å²) >= 11 is 6.01. The standard InChI is InChI=1S/C19H20ClN5O3S/c1-28-16-5-4-15(20)14-17(16)29(26,27)25-12-10-24(11-13-25)19-7-6-18(21-22-19)23-8-2-3-9-23/h2-9,14H,10-13H2,1H3. The molecule has 0 aliphatic carbocycles. The summed E-state index contributed by atoms with van der Waals surface area (Å²) in [4.78, 5) is 2.10. The van der Waals surface area contributed by atoms with Gasteiger partial charge in [0, 0.05) is 43.6 Å². The first-order valence-electron chi connectivity index (χ1n) is 9.05. The predicted molar refractivity (Wildman–Crippen MR) is 110 cm³/mol. The lowest BCUT2D eigenvalue weighted by atomic mass is 10.3. The molecule has 0 spiro atoms. The average Bonchev–Trinajstić information content (AvgIpc) is 3.29. The average molecular weight is 434 g/mol. The lowest BCUT2D eigenvalue weighted by Crippen LogP contribution is -2.49. The number of rotatable bonds is 5. The van der Waals surface area contributed by atoms with E-state index in [1.54, 1.807) is 12.1 Å². The van der Waals surface area contributed by atoms with Gasteiger partial charge in [-0.15, -0.1) is 10.2 Å². The van der Waals surface area contributed by atoms with Gasteiger partial charge >= 0.3 is 0 Å². The predicted octanol–water partition coefficient (Wildman–Crippen LogP) is 2.44. The van der Waals surface area contributed by atoms with Crippen LogP contribution in [0.2, 0.25) is 5.02 Å². The molecule has 8 nitrogen and oxygen atoms in total. The Morgan fingerprint density at radius 3 is 2.24 bits per heavy atom. The number of ether oxygens (including phenoxy) is 1. The molecule has 2 aromatic heterocycles. The molecule has 10 heteroatoms. The fraction of sp³-hybridized carbons (Fsp3) is 0.263. The molecule has 0 bridgehead atoms. The van der Waals surface area contributed by atoms with Gasteiger partial charge in [0.15, 0.2) is 11.6 Å². The molecule has 1 aliphatic heterocycles. The highest BCUT2D eigenvalue weighted by atomic mass is 35.5. The second-order valence-electron chi connectivity index (χ2n) is 6.53. The molecule has 3 heterocycles. The molecule has 1 aliphatic rings. The van der Waals surface area contributed by atoms with Crippen molar-refractivity contribution in [2.24, 2.45) is 0 Å². The SMILES string of the molecule is COc1ccc(Cl)cc1S(=O)(=O)N1CCN(c2ccc(-n3cccc3)nn2)CC1. The fourth-order valence-corrected chi connectivity index (χ4v) is 5.10. The number of benzene rings is 1. The van der Waals surface area contributed by atoms with E-state index in [1.165, 1.54) is 17.5 Å². The number of piperazine rings is 1. The zero-order chi connectivity index (χ0) is 20.4. The summed E-state index contributed by atoms with van der Waals surface area (Å²) in [6, 6.07) is 12.2. The Labute approximate surface area is 174 Å². The van der Waals surface area contributed by atoms with Gasteiger partial charge in [-0.05, 0) is 42.5 Å². The number of halogens is 1. The third-order valence-corrected chi connectivity index (χ3v) is 6.97. The molecule has 1 aromatic carbocycles. The molecule has 0 radical (unpaired) electrons. The van der Waals surface area contributed by atoms with Crippen molar-refractivity contribution in [1.82, 2.24) is 19.1 Å². The van der Waals surface area contributed by atoms with Gasteiger partial charge in [-0.3, -0.25) is 0 Å². The quantitative estimate of drug-likeness (QED) is 0.614. The van der Waals surface area contributed by atoms with E-state index in [0.717, 1.165) is 11.6 Å². The van der Waals surface area contributed by atoms with Crippen molar-refractivity contribution in [2.75, 3.05) is 38.2 Å². The highest BCUT2D eigenvalue weighted by Crippen LogP contribution is 2.30. The van der Waals surface area contributed by atoms with Gasteiger partial charge in [0.05, 0.1) is 7.11 Å². The molecule has 0 saturated carbocycles. The Morgan fingerprint density at radius 2 is 1.62 bits per heavy atom. The second-order valence-corrected chi connectivity index (χ2v) is 8.87. The Bertz CT molecular complexity index is 1080. The Morgan fingerprint density at radius 1 is 0.966 bits per heavy atom. The van der Waals surface area contributed by atoms with Crippen molar-refractivity contribution < 1.29 is 13.2 Å². The molecule has 0 N–H and O–H groups in total. The highest BCUT2D eigenvalue weighted by Gasteiger charge is 2.31. The Kier molecular flexibility index (Phi) is 5.44. The smallest absolute Gasteiger partial charge is 0.246 e. The molecular formula is C19H20ClN5O3S. The summed E-state index contributed by atoms with van der Waals surface area (Å²) in [7, 11) is -2.27. The maximum atomic E-state index is 13.1. The summed E-state index contributed by atoms with van der Waals surface area (Å²) in [6.07, 6.45) is 3.80. The van der Waals surface area contributed by atoms with Crippen LogP contribution in [0.3, 0.4) is 0 Å². The summed E-state index contributed by atoms with van der Waals surface area (Å²) in [5.74, 6) is 1.73. The van der Waals surface area contributed by atoms with Crippen molar-refractivity contribution >= 4 is 27.4 Å². The highest BCUT2D eigenvalue weighted by molar-refractivity contribution is 7.89. The van der Waals surface area contributed by atoms with Crippen LogP contribution in [0.15, 0.2) is 59.8 Å². The number of hydrogen-bond acceptors (Lipinski definition) is 6. The van der Waals surface area contributed by atoms with E-state index in [1.807, 2.05) is 46.1 Å². The Balaban J connectivity index is 1.47. The molecule has 0 atom stereocenters. The van der Waals surface area contributed by atoms with Gasteiger partial charge < -0.3 is 14.2 Å². The lowest BCUT2D eigenvalue weighted by molar-refractivity contribution is 0.373. The van der Waals surface area contributed by atoms with E-state index < -0.39 is 10.0 Å². The van der Waals surface area contributed by atoms with E-state index in [4.69, 9.17) is 16.3 Å². The normalized spacial score (nSPS) is 15.4. The topological polar surface area (TPSA) is 80.6 Å². The second kappa shape index (κ2) is 8.02. The maximum Gasteiger partial charge on any atom is 0.246 e. The zero-order valence-corrected chi connectivity index (χ0v) is 17.3. The van der Waals surface area contributed by atoms with Crippen molar-refractivity contribution in [3.05, 3.63) is 59.9 Å². The molecule has 4 rings (SSSR count). The third-order valence-electron chi connectivity index (χ3n) is 4.81. The number of sulfonamides is 1. The number of anilines is 1. The summed E-state index contributed by atoms with van der Waals surface area (Å²) in [5.41, 5.74) is 0. The van der Waals surface area contributed by atoms with E-state index in [-0.39, 0.29) is 10.6 Å². The molecule has 152 valence electrons. The van der Waals surface area contributed by atoms with Crippen LogP contribution in [0.1, 0.15) is 0 Å². The first-order chi connectivity index (χ1) is 14.0. The lowest BCUT2D eigenvalue weighted by Gasteiger charge is -2.34. The summed E-state index contributed by atoms with van der Waals surface area (Å²) < 4.78 is 34.7. The van der Waals surface area contributed by atoms with Crippen molar-refractivity contribution in [1.29, 1.82) is 0 Å². The minimum atomic E-state index is -3.71. The van der Waals surface area contributed by atoms with Crippen molar-refractivity contribution in [3.63, 3.8) is 0 Å². The Hall–Kier alpha value is -2.62. The van der Waals surface area contributed by atoms with Gasteiger partial charge in [-0.2, -0.15) is 4.31 Å². The van der Waals surface area contributed by atoms with Crippen LogP contribution >= 0.6 is 11.6 Å². The third kappa shape index (κ3) is 3.93. The molecule has 0 unspecified atom stereocenters. The van der Waals surface area contributed by atoms with Gasteiger partial charge in [0.1, 0.15) is 10.6 Å². The first kappa shape index (κ1) is 19.7. The number of nitrogens with zero attached hydrogens (tertiary/aromatic N) is 5. The largest absolute Gasteiger partial charge is 0.495 e. The molecule has 1 fully saturated rings. The van der Waals surface area contributed by atoms with Gasteiger partial charge in [-0.1, -0.05) is 11.6 Å². The van der Waals surface area contributed by atoms with E-state index in [9.17, 15) is 8.42 Å². The van der Waals surface area contributed by atoms with Gasteiger partial charge in [0.2, 0.25) is 10.0 Å². The van der Waals surface area contributed by atoms with Crippen LogP contribution in [0, 0.1) is 0 Å². The van der Waals surface area contributed by atoms with Crippen LogP contribution in [0.25, 0.3) is 5.82 Å². The number of methoxy groups -OCH3 is 1. The van der Waals surface area contributed by atoms with Crippen LogP contribution in [0.4, 0.5) is 5.82 Å². The minimum absolute atomic E-state index is 0.0804. The summed E-state index contributed by atoms with van der Waals surface area (Å²) in [5, 5.41) is 8.89. The maximum absolute atomic E-state index is 13.1. The van der Waals surface area contributed by atoms with E-state index in [0.29, 0.717) is 31.2 Å². The van der Waals surface area contributed by atoms with Crippen LogP contribution in [-0.2, 0) is 10.0 Å². The van der Waals surface area contributed by atoms with Crippen LogP contribution in [-0.4, -0.2) is 60.8 Å². The number of aromatic nitrogens is 3. The van der Waals surface area contributed by atoms with E-state index >= 15 is 0 Å². The number of hydrogen-bond donors (Lipinski definition) is 0. The van der Waals surface area contributed by atoms with E-state index in [2.05, 4.69) is 10.2 Å². The van der Waals surface area contributed by atoms with Gasteiger partial charge in [0.25, 0.3) is 0 Å². The fourth-order valence-electron chi connectivity index (χ4n) is 3.26. The molecule has 1 saturated heterocycles. The molecule has 29 heavy (non-hydrogen) atoms. The minimum Gasteiger partial charge on any atom is -0.495 e.